The summed E-state index contributed by atoms with van der Waals surface area (Å²) < 4.78 is 0. The Labute approximate surface area is 100 Å². The highest BCUT2D eigenvalue weighted by atomic mass is 32.1. The lowest BCUT2D eigenvalue weighted by Crippen LogP contribution is -2.01. The second-order valence-corrected chi connectivity index (χ2v) is 4.80. The summed E-state index contributed by atoms with van der Waals surface area (Å²) in [5, 5.41) is 5.34. The highest BCUT2D eigenvalue weighted by Gasteiger charge is 2.01. The molecule has 1 aromatic carbocycles. The molecule has 1 N–H and O–H groups in total. The summed E-state index contributed by atoms with van der Waals surface area (Å²) in [6, 6.07) is 4.48. The zero-order valence-corrected chi connectivity index (χ0v) is 10.7. The molecule has 84 valence electrons. The zero-order valence-electron chi connectivity index (χ0n) is 9.87. The van der Waals surface area contributed by atoms with Gasteiger partial charge in [-0.15, -0.1) is 11.3 Å². The van der Waals surface area contributed by atoms with Gasteiger partial charge in [-0.2, -0.15) is 0 Å². The lowest BCUT2D eigenvalue weighted by atomic mass is 10.0. The van der Waals surface area contributed by atoms with Crippen molar-refractivity contribution in [1.82, 2.24) is 4.98 Å². The van der Waals surface area contributed by atoms with E-state index in [9.17, 15) is 0 Å². The predicted octanol–water partition coefficient (Wildman–Crippen LogP) is 3.68. The van der Waals surface area contributed by atoms with Crippen LogP contribution in [-0.2, 0) is 6.54 Å². The van der Waals surface area contributed by atoms with Gasteiger partial charge in [0.15, 0.2) is 0 Å². The average Bonchev–Trinajstić information content (AvgIpc) is 2.75. The quantitative estimate of drug-likeness (QED) is 0.873. The Kier molecular flexibility index (Phi) is 3.25. The van der Waals surface area contributed by atoms with Crippen molar-refractivity contribution < 1.29 is 0 Å². The van der Waals surface area contributed by atoms with Crippen molar-refractivity contribution >= 4 is 17.2 Å². The van der Waals surface area contributed by atoms with Crippen molar-refractivity contribution in [3.8, 4) is 0 Å². The van der Waals surface area contributed by atoms with Gasteiger partial charge in [-0.1, -0.05) is 12.1 Å². The highest BCUT2D eigenvalue weighted by Crippen LogP contribution is 2.16. The molecule has 0 amide bonds. The molecule has 0 saturated carbocycles. The molecule has 0 spiro atoms. The number of benzene rings is 1. The normalized spacial score (nSPS) is 10.4. The van der Waals surface area contributed by atoms with E-state index in [4.69, 9.17) is 0 Å². The third kappa shape index (κ3) is 2.42. The Balaban J connectivity index is 2.10. The van der Waals surface area contributed by atoms with E-state index in [0.717, 1.165) is 12.4 Å². The van der Waals surface area contributed by atoms with E-state index in [0.29, 0.717) is 0 Å². The monoisotopic (exact) mass is 232 g/mol. The summed E-state index contributed by atoms with van der Waals surface area (Å²) in [4.78, 5) is 4.20. The van der Waals surface area contributed by atoms with E-state index in [1.165, 1.54) is 22.3 Å². The van der Waals surface area contributed by atoms with Gasteiger partial charge in [0.2, 0.25) is 0 Å². The first-order valence-corrected chi connectivity index (χ1v) is 6.30. The Bertz CT molecular complexity index is 452. The SMILES string of the molecule is Cc1cc(CNc2cscn2)cc(C)c1C. The molecular weight excluding hydrogens is 216 g/mol. The Hall–Kier alpha value is -1.35. The van der Waals surface area contributed by atoms with Gasteiger partial charge in [-0.05, 0) is 43.0 Å². The van der Waals surface area contributed by atoms with E-state index < -0.39 is 0 Å². The largest absolute Gasteiger partial charge is 0.365 e. The van der Waals surface area contributed by atoms with Gasteiger partial charge in [0.1, 0.15) is 5.82 Å². The molecule has 1 aromatic heterocycles. The number of nitrogens with one attached hydrogen (secondary N) is 1. The molecule has 3 heteroatoms. The van der Waals surface area contributed by atoms with Crippen molar-refractivity contribution in [3.05, 3.63) is 45.3 Å². The maximum absolute atomic E-state index is 4.20. The summed E-state index contributed by atoms with van der Waals surface area (Å²) in [5.41, 5.74) is 7.25. The minimum absolute atomic E-state index is 0.839. The molecule has 2 nitrogen and oxygen atoms in total. The van der Waals surface area contributed by atoms with E-state index in [1.54, 1.807) is 11.3 Å². The number of nitrogens with zero attached hydrogens (tertiary/aromatic N) is 1. The van der Waals surface area contributed by atoms with Crippen LogP contribution in [-0.4, -0.2) is 4.98 Å². The van der Waals surface area contributed by atoms with E-state index in [1.807, 2.05) is 10.9 Å². The van der Waals surface area contributed by atoms with Gasteiger partial charge in [-0.25, -0.2) is 4.98 Å². The van der Waals surface area contributed by atoms with Gasteiger partial charge < -0.3 is 5.32 Å². The topological polar surface area (TPSA) is 24.9 Å². The molecule has 16 heavy (non-hydrogen) atoms. The molecule has 0 bridgehead atoms. The predicted molar refractivity (Wildman–Crippen MR) is 70.1 cm³/mol. The zero-order chi connectivity index (χ0) is 11.5. The van der Waals surface area contributed by atoms with Crippen LogP contribution in [0, 0.1) is 20.8 Å². The molecule has 0 unspecified atom stereocenters. The molecule has 2 rings (SSSR count). The summed E-state index contributed by atoms with van der Waals surface area (Å²) in [7, 11) is 0. The molecule has 2 aromatic rings. The molecule has 0 aliphatic heterocycles. The molecule has 0 fully saturated rings. The summed E-state index contributed by atoms with van der Waals surface area (Å²) >= 11 is 1.61. The third-order valence-electron chi connectivity index (χ3n) is 2.89. The first-order valence-electron chi connectivity index (χ1n) is 5.35. The number of thiazole rings is 1. The second-order valence-electron chi connectivity index (χ2n) is 4.08. The number of aromatic nitrogens is 1. The van der Waals surface area contributed by atoms with Gasteiger partial charge in [0, 0.05) is 11.9 Å². The third-order valence-corrected chi connectivity index (χ3v) is 3.48. The highest BCUT2D eigenvalue weighted by molar-refractivity contribution is 7.07. The van der Waals surface area contributed by atoms with Crippen LogP contribution in [0.2, 0.25) is 0 Å². The average molecular weight is 232 g/mol. The van der Waals surface area contributed by atoms with Crippen molar-refractivity contribution in [2.75, 3.05) is 5.32 Å². The van der Waals surface area contributed by atoms with Gasteiger partial charge in [-0.3, -0.25) is 0 Å². The molecule has 0 atom stereocenters. The van der Waals surface area contributed by atoms with Crippen LogP contribution in [0.3, 0.4) is 0 Å². The van der Waals surface area contributed by atoms with Crippen molar-refractivity contribution in [2.45, 2.75) is 27.3 Å². The number of hydrogen-bond acceptors (Lipinski definition) is 3. The van der Waals surface area contributed by atoms with Crippen molar-refractivity contribution in [3.63, 3.8) is 0 Å². The maximum Gasteiger partial charge on any atom is 0.137 e. The van der Waals surface area contributed by atoms with Crippen LogP contribution in [0.1, 0.15) is 22.3 Å². The molecule has 0 aliphatic rings. The summed E-state index contributed by atoms with van der Waals surface area (Å²) in [5.74, 6) is 0.959. The van der Waals surface area contributed by atoms with Crippen LogP contribution >= 0.6 is 11.3 Å². The molecule has 0 radical (unpaired) electrons. The van der Waals surface area contributed by atoms with Crippen LogP contribution in [0.25, 0.3) is 0 Å². The van der Waals surface area contributed by atoms with Crippen LogP contribution in [0.5, 0.6) is 0 Å². The van der Waals surface area contributed by atoms with Crippen LogP contribution in [0.15, 0.2) is 23.0 Å². The maximum atomic E-state index is 4.20. The van der Waals surface area contributed by atoms with Gasteiger partial charge in [0.25, 0.3) is 0 Å². The second kappa shape index (κ2) is 4.66. The first-order chi connectivity index (χ1) is 7.66. The fourth-order valence-electron chi connectivity index (χ4n) is 1.72. The molecule has 1 heterocycles. The lowest BCUT2D eigenvalue weighted by Gasteiger charge is -2.09. The summed E-state index contributed by atoms with van der Waals surface area (Å²) in [6.07, 6.45) is 0. The first kappa shape index (κ1) is 11.1. The minimum atomic E-state index is 0.839. The number of hydrogen-bond donors (Lipinski definition) is 1. The summed E-state index contributed by atoms with van der Waals surface area (Å²) in [6.45, 7) is 7.33. The van der Waals surface area contributed by atoms with E-state index >= 15 is 0 Å². The fraction of sp³-hybridized carbons (Fsp3) is 0.308. The van der Waals surface area contributed by atoms with Gasteiger partial charge >= 0.3 is 0 Å². The van der Waals surface area contributed by atoms with E-state index in [2.05, 4.69) is 43.2 Å². The molecule has 0 aliphatic carbocycles. The van der Waals surface area contributed by atoms with Crippen LogP contribution in [0.4, 0.5) is 5.82 Å². The van der Waals surface area contributed by atoms with E-state index in [-0.39, 0.29) is 0 Å². The Morgan fingerprint density at radius 1 is 1.19 bits per heavy atom. The Morgan fingerprint density at radius 2 is 1.88 bits per heavy atom. The molecule has 0 saturated heterocycles. The van der Waals surface area contributed by atoms with Crippen LogP contribution < -0.4 is 5.32 Å². The minimum Gasteiger partial charge on any atom is -0.365 e. The van der Waals surface area contributed by atoms with Gasteiger partial charge in [0.05, 0.1) is 5.51 Å². The van der Waals surface area contributed by atoms with Crippen molar-refractivity contribution in [2.24, 2.45) is 0 Å². The lowest BCUT2D eigenvalue weighted by molar-refractivity contribution is 1.10. The van der Waals surface area contributed by atoms with Crippen molar-refractivity contribution in [1.29, 1.82) is 0 Å². The Morgan fingerprint density at radius 3 is 2.44 bits per heavy atom. The smallest absolute Gasteiger partial charge is 0.137 e. The number of anilines is 1. The number of rotatable bonds is 3. The fourth-order valence-corrected chi connectivity index (χ4v) is 2.23. The number of aryl methyl sites for hydroxylation is 2. The molecular formula is C13H16N2S. The standard InChI is InChI=1S/C13H16N2S/c1-9-4-12(5-10(2)11(9)3)6-14-13-7-16-8-15-13/h4-5,7-8,14H,6H2,1-3H3.